The lowest BCUT2D eigenvalue weighted by Crippen LogP contribution is -2.50. The Morgan fingerprint density at radius 1 is 1.16 bits per heavy atom. The number of methoxy groups -OCH3 is 1. The molecule has 0 amide bonds. The number of rotatable bonds is 3. The second kappa shape index (κ2) is 7.40. The van der Waals surface area contributed by atoms with Crippen LogP contribution in [0.5, 0.6) is 5.75 Å². The van der Waals surface area contributed by atoms with Gasteiger partial charge in [-0.25, -0.2) is 0 Å². The Hall–Kier alpha value is -2.74. The van der Waals surface area contributed by atoms with Gasteiger partial charge >= 0.3 is 5.97 Å². The lowest BCUT2D eigenvalue weighted by molar-refractivity contribution is -0.155. The Morgan fingerprint density at radius 3 is 2.50 bits per heavy atom. The van der Waals surface area contributed by atoms with Crippen LogP contribution in [0.3, 0.4) is 0 Å². The van der Waals surface area contributed by atoms with Crippen LogP contribution >= 0.6 is 27.5 Å². The molecule has 0 unspecified atom stereocenters. The van der Waals surface area contributed by atoms with Crippen LogP contribution in [-0.4, -0.2) is 29.0 Å². The third-order valence-corrected chi connectivity index (χ3v) is 7.15. The van der Waals surface area contributed by atoms with Gasteiger partial charge in [0.1, 0.15) is 11.7 Å². The summed E-state index contributed by atoms with van der Waals surface area (Å²) in [4.78, 5) is 30.9. The highest BCUT2D eigenvalue weighted by atomic mass is 79.9. The minimum absolute atomic E-state index is 0.0784. The van der Waals surface area contributed by atoms with E-state index in [9.17, 15) is 14.7 Å². The molecule has 6 nitrogen and oxygen atoms in total. The molecule has 1 fully saturated rings. The van der Waals surface area contributed by atoms with E-state index in [0.29, 0.717) is 11.1 Å². The van der Waals surface area contributed by atoms with E-state index in [1.165, 1.54) is 19.5 Å². The highest BCUT2D eigenvalue weighted by Gasteiger charge is 2.78. The van der Waals surface area contributed by atoms with E-state index in [2.05, 4.69) is 20.9 Å². The van der Waals surface area contributed by atoms with Crippen molar-refractivity contribution in [2.75, 3.05) is 7.11 Å². The average molecular weight is 515 g/mol. The number of aliphatic hydroxyl groups is 1. The maximum Gasteiger partial charge on any atom is 0.317 e. The number of hydrogen-bond acceptors (Lipinski definition) is 6. The van der Waals surface area contributed by atoms with Crippen LogP contribution in [0.15, 0.2) is 71.5 Å². The summed E-state index contributed by atoms with van der Waals surface area (Å²) < 4.78 is 12.3. The SMILES string of the molecule is COC(=O)[C@H]1C(=O)[C@@]2(O)c3c(Cl)cncc3O[C@@]2(c2ccc(Br)cc2)[C@@H]1c1ccccc1. The number of pyridine rings is 1. The summed E-state index contributed by atoms with van der Waals surface area (Å²) in [5, 5.41) is 12.3. The first-order valence-electron chi connectivity index (χ1n) is 9.84. The molecule has 0 spiro atoms. The summed E-state index contributed by atoms with van der Waals surface area (Å²) in [5.41, 5.74) is -2.64. The van der Waals surface area contributed by atoms with Crippen molar-refractivity contribution in [3.63, 3.8) is 0 Å². The van der Waals surface area contributed by atoms with Crippen molar-refractivity contribution >= 4 is 39.3 Å². The molecule has 1 aliphatic carbocycles. The van der Waals surface area contributed by atoms with Gasteiger partial charge in [-0.1, -0.05) is 70.0 Å². The first-order chi connectivity index (χ1) is 15.4. The highest BCUT2D eigenvalue weighted by molar-refractivity contribution is 9.10. The minimum atomic E-state index is -2.24. The van der Waals surface area contributed by atoms with Crippen LogP contribution < -0.4 is 4.74 Å². The van der Waals surface area contributed by atoms with E-state index in [4.69, 9.17) is 21.1 Å². The van der Waals surface area contributed by atoms with E-state index < -0.39 is 34.8 Å². The van der Waals surface area contributed by atoms with Gasteiger partial charge in [0.2, 0.25) is 0 Å². The van der Waals surface area contributed by atoms with Gasteiger partial charge in [0.05, 0.1) is 29.8 Å². The van der Waals surface area contributed by atoms with Gasteiger partial charge in [-0.3, -0.25) is 14.6 Å². The summed E-state index contributed by atoms with van der Waals surface area (Å²) in [5.74, 6) is -3.49. The number of esters is 1. The molecule has 1 aromatic heterocycles. The lowest BCUT2D eigenvalue weighted by Gasteiger charge is -2.39. The lowest BCUT2D eigenvalue weighted by atomic mass is 9.71. The number of halogens is 2. The van der Waals surface area contributed by atoms with Crippen LogP contribution in [0.1, 0.15) is 22.6 Å². The van der Waals surface area contributed by atoms with Crippen LogP contribution in [0.4, 0.5) is 0 Å². The van der Waals surface area contributed by atoms with Gasteiger partial charge in [0.15, 0.2) is 17.0 Å². The number of nitrogens with zero attached hydrogens (tertiary/aromatic N) is 1. The average Bonchev–Trinajstić information content (AvgIpc) is 3.18. The monoisotopic (exact) mass is 513 g/mol. The number of fused-ring (bicyclic) bond motifs is 3. The fourth-order valence-electron chi connectivity index (χ4n) is 5.09. The van der Waals surface area contributed by atoms with Crippen molar-refractivity contribution in [2.45, 2.75) is 17.1 Å². The molecule has 2 aromatic carbocycles. The predicted octanol–water partition coefficient (Wildman–Crippen LogP) is 4.13. The Labute approximate surface area is 197 Å². The molecular formula is C24H17BrClNO5. The van der Waals surface area contributed by atoms with Crippen molar-refractivity contribution in [1.82, 2.24) is 4.98 Å². The highest BCUT2D eigenvalue weighted by Crippen LogP contribution is 2.67. The van der Waals surface area contributed by atoms with Gasteiger partial charge in [0, 0.05) is 10.7 Å². The van der Waals surface area contributed by atoms with Crippen molar-refractivity contribution < 1.29 is 24.2 Å². The Morgan fingerprint density at radius 2 is 1.84 bits per heavy atom. The number of carbonyl (C=O) groups is 2. The van der Waals surface area contributed by atoms with Gasteiger partial charge in [-0.2, -0.15) is 0 Å². The van der Waals surface area contributed by atoms with E-state index in [-0.39, 0.29) is 16.3 Å². The smallest absolute Gasteiger partial charge is 0.317 e. The summed E-state index contributed by atoms with van der Waals surface area (Å²) in [6.45, 7) is 0. The molecule has 1 saturated carbocycles. The van der Waals surface area contributed by atoms with Crippen molar-refractivity contribution in [3.8, 4) is 5.75 Å². The maximum absolute atomic E-state index is 13.9. The van der Waals surface area contributed by atoms with E-state index >= 15 is 0 Å². The van der Waals surface area contributed by atoms with Crippen molar-refractivity contribution in [2.24, 2.45) is 5.92 Å². The molecule has 0 saturated heterocycles. The second-order valence-electron chi connectivity index (χ2n) is 7.80. The quantitative estimate of drug-likeness (QED) is 0.418. The summed E-state index contributed by atoms with van der Waals surface area (Å²) in [7, 11) is 1.22. The normalized spacial score (nSPS) is 28.1. The molecule has 5 rings (SSSR count). The molecule has 1 N–H and O–H groups in total. The Kier molecular flexibility index (Phi) is 4.89. The fraction of sp³-hybridized carbons (Fsp3) is 0.208. The molecule has 2 heterocycles. The van der Waals surface area contributed by atoms with Gasteiger partial charge in [0.25, 0.3) is 0 Å². The summed E-state index contributed by atoms with van der Waals surface area (Å²) >= 11 is 9.86. The van der Waals surface area contributed by atoms with Crippen molar-refractivity contribution in [3.05, 3.63) is 93.2 Å². The first kappa shape index (κ1) is 21.1. The number of hydrogen-bond donors (Lipinski definition) is 1. The Bertz CT molecular complexity index is 1230. The maximum atomic E-state index is 13.9. The van der Waals surface area contributed by atoms with E-state index in [1.54, 1.807) is 48.5 Å². The zero-order valence-electron chi connectivity index (χ0n) is 16.8. The van der Waals surface area contributed by atoms with Crippen LogP contribution in [0.25, 0.3) is 0 Å². The van der Waals surface area contributed by atoms with E-state index in [0.717, 1.165) is 4.47 Å². The second-order valence-corrected chi connectivity index (χ2v) is 9.13. The summed E-state index contributed by atoms with van der Waals surface area (Å²) in [6.07, 6.45) is 2.76. The zero-order chi connectivity index (χ0) is 22.7. The predicted molar refractivity (Wildman–Crippen MR) is 119 cm³/mol. The molecule has 2 aliphatic rings. The topological polar surface area (TPSA) is 85.7 Å². The molecular weight excluding hydrogens is 498 g/mol. The fourth-order valence-corrected chi connectivity index (χ4v) is 5.64. The first-order valence-corrected chi connectivity index (χ1v) is 11.0. The number of benzene rings is 2. The van der Waals surface area contributed by atoms with E-state index in [1.807, 2.05) is 6.07 Å². The molecule has 4 atom stereocenters. The molecule has 0 bridgehead atoms. The molecule has 32 heavy (non-hydrogen) atoms. The van der Waals surface area contributed by atoms with Crippen LogP contribution in [0.2, 0.25) is 5.02 Å². The Balaban J connectivity index is 1.90. The number of aromatic nitrogens is 1. The molecule has 3 aromatic rings. The summed E-state index contributed by atoms with van der Waals surface area (Å²) in [6, 6.07) is 16.1. The third kappa shape index (κ3) is 2.59. The molecule has 0 radical (unpaired) electrons. The standard InChI is InChI=1S/C24H17BrClNO5/c1-31-22(29)18-19(13-5-3-2-4-6-13)24(14-7-9-15(25)10-8-14)23(30,21(18)28)20-16(26)11-27-12-17(20)32-24/h2-12,18-19,30H,1H3/t18-,19-,23+,24+/m1/s1. The molecule has 162 valence electrons. The van der Waals surface area contributed by atoms with Crippen LogP contribution in [-0.2, 0) is 25.5 Å². The molecule has 1 aliphatic heterocycles. The van der Waals surface area contributed by atoms with Crippen molar-refractivity contribution in [1.29, 1.82) is 0 Å². The number of ether oxygens (including phenoxy) is 2. The largest absolute Gasteiger partial charge is 0.476 e. The zero-order valence-corrected chi connectivity index (χ0v) is 19.1. The minimum Gasteiger partial charge on any atom is -0.476 e. The number of carbonyl (C=O) groups excluding carboxylic acids is 2. The third-order valence-electron chi connectivity index (χ3n) is 6.33. The number of ketones is 1. The molecule has 8 heteroatoms. The van der Waals surface area contributed by atoms with Gasteiger partial charge < -0.3 is 14.6 Å². The number of Topliss-reactive ketones (excluding diaryl/α,β-unsaturated/α-hetero) is 1. The van der Waals surface area contributed by atoms with Gasteiger partial charge in [-0.15, -0.1) is 0 Å². The van der Waals surface area contributed by atoms with Crippen LogP contribution in [0, 0.1) is 5.92 Å². The van der Waals surface area contributed by atoms with Gasteiger partial charge in [-0.05, 0) is 23.3 Å².